The molecule has 164 valence electrons. The van der Waals surface area contributed by atoms with Crippen molar-refractivity contribution in [2.24, 2.45) is 17.3 Å². The minimum absolute atomic E-state index is 0.100. The molecule has 0 saturated heterocycles. The Balaban J connectivity index is 1.47. The Morgan fingerprint density at radius 3 is 2.42 bits per heavy atom. The molecule has 31 heavy (non-hydrogen) atoms. The summed E-state index contributed by atoms with van der Waals surface area (Å²) in [6.07, 6.45) is 6.19. The maximum atomic E-state index is 13.3. The third-order valence-corrected chi connectivity index (χ3v) is 8.07. The van der Waals surface area contributed by atoms with Crippen LogP contribution in [0.1, 0.15) is 63.9 Å². The van der Waals surface area contributed by atoms with E-state index in [0.717, 1.165) is 37.8 Å². The number of carbonyl (C=O) groups is 1. The molecule has 0 radical (unpaired) electrons. The first-order chi connectivity index (χ1) is 14.7. The molecule has 4 saturated carbocycles. The fourth-order valence-corrected chi connectivity index (χ4v) is 6.85. The van der Waals surface area contributed by atoms with Gasteiger partial charge in [0.2, 0.25) is 0 Å². The van der Waals surface area contributed by atoms with Gasteiger partial charge in [-0.25, -0.2) is 4.68 Å². The SMILES string of the molecule is CC(C)c1ccc(Nc2cnn(C34C[C@@H]5C[C@@H](CC(C(=O)O)(C5)C3)C4)c(=O)c2Cl)cc1. The molecule has 2 N–H and O–H groups in total. The largest absolute Gasteiger partial charge is 0.481 e. The third kappa shape index (κ3) is 3.27. The Hall–Kier alpha value is -2.34. The van der Waals surface area contributed by atoms with Gasteiger partial charge in [-0.15, -0.1) is 0 Å². The average Bonchev–Trinajstić information content (AvgIpc) is 2.70. The summed E-state index contributed by atoms with van der Waals surface area (Å²) in [5.41, 5.74) is 0.933. The molecule has 1 aromatic heterocycles. The molecule has 4 atom stereocenters. The highest BCUT2D eigenvalue weighted by molar-refractivity contribution is 6.33. The van der Waals surface area contributed by atoms with Crippen molar-refractivity contribution in [3.63, 3.8) is 0 Å². The number of nitrogens with one attached hydrogen (secondary N) is 1. The van der Waals surface area contributed by atoms with E-state index in [1.807, 2.05) is 12.1 Å². The number of nitrogens with zero attached hydrogens (tertiary/aromatic N) is 2. The third-order valence-electron chi connectivity index (χ3n) is 7.71. The molecule has 2 aromatic rings. The first-order valence-electron chi connectivity index (χ1n) is 11.1. The van der Waals surface area contributed by atoms with Gasteiger partial charge in [0.05, 0.1) is 22.8 Å². The second kappa shape index (κ2) is 7.09. The zero-order valence-corrected chi connectivity index (χ0v) is 18.7. The van der Waals surface area contributed by atoms with Crippen LogP contribution in [-0.2, 0) is 10.3 Å². The summed E-state index contributed by atoms with van der Waals surface area (Å²) >= 11 is 6.52. The van der Waals surface area contributed by atoms with E-state index < -0.39 is 16.9 Å². The van der Waals surface area contributed by atoms with Crippen LogP contribution in [-0.4, -0.2) is 20.9 Å². The lowest BCUT2D eigenvalue weighted by atomic mass is 9.47. The normalized spacial score (nSPS) is 31.2. The molecular weight excluding hydrogens is 414 g/mol. The van der Waals surface area contributed by atoms with Crippen molar-refractivity contribution in [1.29, 1.82) is 0 Å². The van der Waals surface area contributed by atoms with Gasteiger partial charge in [-0.3, -0.25) is 9.59 Å². The Bertz CT molecular complexity index is 1080. The summed E-state index contributed by atoms with van der Waals surface area (Å²) in [4.78, 5) is 25.5. The predicted molar refractivity (Wildman–Crippen MR) is 120 cm³/mol. The lowest BCUT2D eigenvalue weighted by Crippen LogP contribution is -2.61. The van der Waals surface area contributed by atoms with Crippen molar-refractivity contribution in [2.75, 3.05) is 5.32 Å². The van der Waals surface area contributed by atoms with Gasteiger partial charge in [0.15, 0.2) is 0 Å². The molecule has 1 heterocycles. The molecule has 0 aliphatic heterocycles. The Labute approximate surface area is 186 Å². The molecule has 1 aromatic carbocycles. The van der Waals surface area contributed by atoms with E-state index >= 15 is 0 Å². The van der Waals surface area contributed by atoms with Gasteiger partial charge in [0.1, 0.15) is 5.02 Å². The molecule has 4 aliphatic carbocycles. The van der Waals surface area contributed by atoms with Crippen LogP contribution in [0.2, 0.25) is 5.02 Å². The van der Waals surface area contributed by atoms with Crippen molar-refractivity contribution in [1.82, 2.24) is 9.78 Å². The summed E-state index contributed by atoms with van der Waals surface area (Å²) in [5, 5.41) is 17.8. The van der Waals surface area contributed by atoms with Crippen LogP contribution in [0.15, 0.2) is 35.3 Å². The van der Waals surface area contributed by atoms with Crippen LogP contribution in [0.3, 0.4) is 0 Å². The number of hydrogen-bond donors (Lipinski definition) is 2. The summed E-state index contributed by atoms with van der Waals surface area (Å²) in [7, 11) is 0. The lowest BCUT2D eigenvalue weighted by Gasteiger charge is -2.60. The van der Waals surface area contributed by atoms with Gasteiger partial charge >= 0.3 is 5.97 Å². The van der Waals surface area contributed by atoms with Crippen molar-refractivity contribution < 1.29 is 9.90 Å². The van der Waals surface area contributed by atoms with Crippen molar-refractivity contribution in [3.8, 4) is 0 Å². The molecule has 2 unspecified atom stereocenters. The predicted octanol–water partition coefficient (Wildman–Crippen LogP) is 5.14. The van der Waals surface area contributed by atoms with E-state index in [9.17, 15) is 14.7 Å². The molecule has 4 bridgehead atoms. The van der Waals surface area contributed by atoms with Gasteiger partial charge in [0.25, 0.3) is 5.56 Å². The Morgan fingerprint density at radius 1 is 1.19 bits per heavy atom. The van der Waals surface area contributed by atoms with E-state index in [1.165, 1.54) is 10.2 Å². The number of benzene rings is 1. The van der Waals surface area contributed by atoms with Gasteiger partial charge in [-0.1, -0.05) is 37.6 Å². The zero-order valence-electron chi connectivity index (χ0n) is 17.9. The van der Waals surface area contributed by atoms with Gasteiger partial charge < -0.3 is 10.4 Å². The number of rotatable bonds is 5. The van der Waals surface area contributed by atoms with Gasteiger partial charge in [-0.05, 0) is 74.0 Å². The van der Waals surface area contributed by atoms with Crippen molar-refractivity contribution >= 4 is 28.9 Å². The van der Waals surface area contributed by atoms with Gasteiger partial charge in [-0.2, -0.15) is 5.10 Å². The number of carboxylic acid groups (broad SMARTS) is 1. The molecule has 4 fully saturated rings. The first kappa shape index (κ1) is 20.6. The second-order valence-corrected chi connectivity index (χ2v) is 10.6. The monoisotopic (exact) mass is 441 g/mol. The van der Waals surface area contributed by atoms with E-state index in [-0.39, 0.29) is 10.6 Å². The molecule has 0 amide bonds. The Kier molecular flexibility index (Phi) is 4.70. The number of aliphatic carboxylic acids is 1. The minimum Gasteiger partial charge on any atom is -0.481 e. The average molecular weight is 442 g/mol. The van der Waals surface area contributed by atoms with E-state index in [4.69, 9.17) is 11.6 Å². The lowest BCUT2D eigenvalue weighted by molar-refractivity contribution is -0.173. The molecule has 6 rings (SSSR count). The second-order valence-electron chi connectivity index (χ2n) is 10.3. The Morgan fingerprint density at radius 2 is 1.84 bits per heavy atom. The molecule has 6 nitrogen and oxygen atoms in total. The maximum absolute atomic E-state index is 13.3. The molecule has 0 spiro atoms. The summed E-state index contributed by atoms with van der Waals surface area (Å²) < 4.78 is 1.51. The van der Waals surface area contributed by atoms with Crippen LogP contribution in [0.4, 0.5) is 11.4 Å². The van der Waals surface area contributed by atoms with Crippen molar-refractivity contribution in [3.05, 3.63) is 51.4 Å². The van der Waals surface area contributed by atoms with E-state index in [2.05, 4.69) is 36.4 Å². The van der Waals surface area contributed by atoms with Gasteiger partial charge in [0, 0.05) is 5.69 Å². The number of carboxylic acids is 1. The molecule has 4 aliphatic rings. The maximum Gasteiger partial charge on any atom is 0.309 e. The highest BCUT2D eigenvalue weighted by Crippen LogP contribution is 2.63. The van der Waals surface area contributed by atoms with Crippen LogP contribution in [0, 0.1) is 17.3 Å². The quantitative estimate of drug-likeness (QED) is 0.670. The highest BCUT2D eigenvalue weighted by atomic mass is 35.5. The summed E-state index contributed by atoms with van der Waals surface area (Å²) in [6, 6.07) is 8.03. The van der Waals surface area contributed by atoms with Crippen LogP contribution >= 0.6 is 11.6 Å². The molecule has 7 heteroatoms. The van der Waals surface area contributed by atoms with E-state index in [1.54, 1.807) is 6.20 Å². The standard InChI is InChI=1S/C24H28ClN3O3/c1-14(2)17-3-5-18(6-4-17)27-19-12-26-28(21(29)20(19)25)24-10-15-7-16(11-24)9-23(8-15,13-24)22(30)31/h3-6,12,14-16,27H,7-11,13H2,1-2H3,(H,30,31)/t15-,16+,23?,24?. The van der Waals surface area contributed by atoms with Crippen LogP contribution < -0.4 is 10.9 Å². The zero-order chi connectivity index (χ0) is 22.0. The summed E-state index contributed by atoms with van der Waals surface area (Å²) in [5.74, 6) is 0.384. The number of halogens is 1. The smallest absolute Gasteiger partial charge is 0.309 e. The van der Waals surface area contributed by atoms with Crippen molar-refractivity contribution in [2.45, 2.75) is 63.8 Å². The number of anilines is 2. The topological polar surface area (TPSA) is 84.2 Å². The first-order valence-corrected chi connectivity index (χ1v) is 11.5. The fraction of sp³-hybridized carbons (Fsp3) is 0.542. The number of aromatic nitrogens is 2. The number of hydrogen-bond acceptors (Lipinski definition) is 4. The van der Waals surface area contributed by atoms with Crippen LogP contribution in [0.25, 0.3) is 0 Å². The van der Waals surface area contributed by atoms with E-state index in [0.29, 0.717) is 29.9 Å². The molecular formula is C24H28ClN3O3. The minimum atomic E-state index is -0.729. The summed E-state index contributed by atoms with van der Waals surface area (Å²) in [6.45, 7) is 4.28. The fourth-order valence-electron chi connectivity index (χ4n) is 6.68. The highest BCUT2D eigenvalue weighted by Gasteiger charge is 2.62. The van der Waals surface area contributed by atoms with Crippen LogP contribution in [0.5, 0.6) is 0 Å².